The summed E-state index contributed by atoms with van der Waals surface area (Å²) in [6, 6.07) is 6.29. The summed E-state index contributed by atoms with van der Waals surface area (Å²) in [4.78, 5) is 0.488. The zero-order valence-electron chi connectivity index (χ0n) is 9.18. The van der Waals surface area contributed by atoms with E-state index in [0.717, 1.165) is 0 Å². The smallest absolute Gasteiger partial charge is 0.241 e. The topological polar surface area (TPSA) is 72.2 Å². The van der Waals surface area contributed by atoms with Gasteiger partial charge in [-0.15, -0.1) is 0 Å². The fraction of sp³-hybridized carbons (Fsp3) is 0.300. The zero-order valence-corrected chi connectivity index (χ0v) is 12.4. The molecule has 1 aromatic carbocycles. The van der Waals surface area contributed by atoms with Gasteiger partial charge in [-0.25, -0.2) is 13.1 Å². The van der Waals surface area contributed by atoms with Crippen molar-refractivity contribution >= 4 is 43.2 Å². The number of thiocarbonyl (C=S) groups is 1. The van der Waals surface area contributed by atoms with Crippen molar-refractivity contribution in [1.29, 1.82) is 0 Å². The molecule has 0 fully saturated rings. The molecule has 0 radical (unpaired) electrons. The van der Waals surface area contributed by atoms with Crippen molar-refractivity contribution in [3.63, 3.8) is 0 Å². The predicted molar refractivity (Wildman–Crippen MR) is 75.3 cm³/mol. The van der Waals surface area contributed by atoms with Crippen LogP contribution in [0.5, 0.6) is 0 Å². The van der Waals surface area contributed by atoms with Crippen LogP contribution in [0.2, 0.25) is 0 Å². The van der Waals surface area contributed by atoms with E-state index in [1.54, 1.807) is 25.1 Å². The van der Waals surface area contributed by atoms with E-state index in [9.17, 15) is 8.42 Å². The highest BCUT2D eigenvalue weighted by atomic mass is 79.9. The Morgan fingerprint density at radius 2 is 2.12 bits per heavy atom. The highest BCUT2D eigenvalue weighted by Crippen LogP contribution is 2.21. The quantitative estimate of drug-likeness (QED) is 0.804. The molecule has 7 heteroatoms. The number of hydrogen-bond acceptors (Lipinski definition) is 3. The second-order valence-electron chi connectivity index (χ2n) is 3.62. The molecule has 1 atom stereocenters. The highest BCUT2D eigenvalue weighted by molar-refractivity contribution is 9.10. The maximum Gasteiger partial charge on any atom is 0.241 e. The molecular weight excluding hydrogens is 324 g/mol. The third-order valence-corrected chi connectivity index (χ3v) is 4.76. The molecule has 0 bridgehead atoms. The molecular formula is C10H13BrN2O2S2. The number of rotatable bonds is 5. The number of nitrogens with one attached hydrogen (secondary N) is 1. The predicted octanol–water partition coefficient (Wildman–Crippen LogP) is 1.79. The van der Waals surface area contributed by atoms with Crippen molar-refractivity contribution in [3.8, 4) is 0 Å². The molecule has 0 saturated carbocycles. The lowest BCUT2D eigenvalue weighted by molar-refractivity contribution is 0.564. The molecule has 0 aliphatic heterocycles. The van der Waals surface area contributed by atoms with Crippen molar-refractivity contribution in [2.45, 2.75) is 24.3 Å². The van der Waals surface area contributed by atoms with E-state index >= 15 is 0 Å². The van der Waals surface area contributed by atoms with E-state index in [0.29, 0.717) is 10.9 Å². The summed E-state index contributed by atoms with van der Waals surface area (Å²) in [7, 11) is -3.55. The van der Waals surface area contributed by atoms with Crippen molar-refractivity contribution in [1.82, 2.24) is 4.72 Å². The van der Waals surface area contributed by atoms with Gasteiger partial charge in [0.15, 0.2) is 0 Å². The van der Waals surface area contributed by atoms with Gasteiger partial charge in [0.25, 0.3) is 0 Å². The molecule has 1 aromatic rings. The van der Waals surface area contributed by atoms with Crippen LogP contribution in [-0.4, -0.2) is 19.4 Å². The van der Waals surface area contributed by atoms with Crippen LogP contribution in [0.15, 0.2) is 33.6 Å². The first-order chi connectivity index (χ1) is 7.83. The summed E-state index contributed by atoms with van der Waals surface area (Å²) >= 11 is 7.94. The highest BCUT2D eigenvalue weighted by Gasteiger charge is 2.19. The largest absolute Gasteiger partial charge is 0.393 e. The summed E-state index contributed by atoms with van der Waals surface area (Å²) in [5, 5.41) is 0. The number of halogens is 1. The van der Waals surface area contributed by atoms with Crippen LogP contribution in [0.1, 0.15) is 13.3 Å². The lowest BCUT2D eigenvalue weighted by atomic mass is 10.3. The molecule has 94 valence electrons. The molecule has 0 aliphatic carbocycles. The van der Waals surface area contributed by atoms with Crippen LogP contribution in [0.4, 0.5) is 0 Å². The molecule has 3 N–H and O–H groups in total. The minimum Gasteiger partial charge on any atom is -0.393 e. The Bertz CT molecular complexity index is 517. The first kappa shape index (κ1) is 14.6. The Morgan fingerprint density at radius 1 is 1.53 bits per heavy atom. The SMILES string of the molecule is CC(CC(N)=S)NS(=O)(=O)c1ccccc1Br. The normalized spacial score (nSPS) is 13.3. The molecule has 0 aromatic heterocycles. The second kappa shape index (κ2) is 5.90. The summed E-state index contributed by atoms with van der Waals surface area (Å²) in [6.45, 7) is 1.72. The molecule has 0 spiro atoms. The molecule has 1 unspecified atom stereocenters. The number of nitrogens with two attached hydrogens (primary N) is 1. The van der Waals surface area contributed by atoms with Gasteiger partial charge in [-0.2, -0.15) is 0 Å². The van der Waals surface area contributed by atoms with E-state index < -0.39 is 10.0 Å². The van der Waals surface area contributed by atoms with Crippen molar-refractivity contribution < 1.29 is 8.42 Å². The van der Waals surface area contributed by atoms with Gasteiger partial charge >= 0.3 is 0 Å². The van der Waals surface area contributed by atoms with E-state index in [2.05, 4.69) is 20.7 Å². The van der Waals surface area contributed by atoms with Crippen LogP contribution in [-0.2, 0) is 10.0 Å². The van der Waals surface area contributed by atoms with Crippen molar-refractivity contribution in [2.24, 2.45) is 5.73 Å². The number of benzene rings is 1. The standard InChI is InChI=1S/C10H13BrN2O2S2/c1-7(6-10(12)16)13-17(14,15)9-5-3-2-4-8(9)11/h2-5,7,13H,6H2,1H3,(H2,12,16). The van der Waals surface area contributed by atoms with Crippen LogP contribution in [0.3, 0.4) is 0 Å². The maximum absolute atomic E-state index is 12.0. The molecule has 4 nitrogen and oxygen atoms in total. The third kappa shape index (κ3) is 4.34. The summed E-state index contributed by atoms with van der Waals surface area (Å²) < 4.78 is 27.1. The first-order valence-corrected chi connectivity index (χ1v) is 7.56. The first-order valence-electron chi connectivity index (χ1n) is 4.88. The second-order valence-corrected chi connectivity index (χ2v) is 6.68. The van der Waals surface area contributed by atoms with Gasteiger partial charge in [-0.3, -0.25) is 0 Å². The molecule has 0 saturated heterocycles. The molecule has 0 amide bonds. The van der Waals surface area contributed by atoms with Gasteiger partial charge in [0, 0.05) is 16.9 Å². The van der Waals surface area contributed by atoms with E-state index in [4.69, 9.17) is 18.0 Å². The Kier molecular flexibility index (Phi) is 5.05. The van der Waals surface area contributed by atoms with Gasteiger partial charge in [-0.1, -0.05) is 24.4 Å². The van der Waals surface area contributed by atoms with Crippen LogP contribution in [0, 0.1) is 0 Å². The maximum atomic E-state index is 12.0. The van der Waals surface area contributed by atoms with Crippen LogP contribution >= 0.6 is 28.1 Å². The summed E-state index contributed by atoms with van der Waals surface area (Å²) in [5.41, 5.74) is 5.37. The average Bonchev–Trinajstić information content (AvgIpc) is 2.15. The van der Waals surface area contributed by atoms with E-state index in [1.165, 1.54) is 6.07 Å². The lowest BCUT2D eigenvalue weighted by Gasteiger charge is -2.14. The molecule has 0 aliphatic rings. The van der Waals surface area contributed by atoms with Crippen LogP contribution in [0.25, 0.3) is 0 Å². The molecule has 1 rings (SSSR count). The zero-order chi connectivity index (χ0) is 13.1. The van der Waals surface area contributed by atoms with Gasteiger partial charge in [0.2, 0.25) is 10.0 Å². The number of sulfonamides is 1. The van der Waals surface area contributed by atoms with E-state index in [1.807, 2.05) is 0 Å². The average molecular weight is 337 g/mol. The van der Waals surface area contributed by atoms with Crippen LogP contribution < -0.4 is 10.5 Å². The third-order valence-electron chi connectivity index (χ3n) is 1.99. The summed E-state index contributed by atoms with van der Waals surface area (Å²) in [6.07, 6.45) is 0.332. The van der Waals surface area contributed by atoms with Crippen molar-refractivity contribution in [3.05, 3.63) is 28.7 Å². The van der Waals surface area contributed by atoms with Gasteiger partial charge in [0.1, 0.15) is 0 Å². The fourth-order valence-corrected chi connectivity index (χ4v) is 3.83. The minimum atomic E-state index is -3.55. The van der Waals surface area contributed by atoms with Gasteiger partial charge in [0.05, 0.1) is 9.88 Å². The monoisotopic (exact) mass is 336 g/mol. The Balaban J connectivity index is 2.90. The Labute approximate surface area is 115 Å². The Hall–Kier alpha value is -0.500. The fourth-order valence-electron chi connectivity index (χ4n) is 1.33. The van der Waals surface area contributed by atoms with Gasteiger partial charge in [-0.05, 0) is 35.0 Å². The van der Waals surface area contributed by atoms with Gasteiger partial charge < -0.3 is 5.73 Å². The number of hydrogen-bond donors (Lipinski definition) is 2. The van der Waals surface area contributed by atoms with E-state index in [-0.39, 0.29) is 15.9 Å². The summed E-state index contributed by atoms with van der Waals surface area (Å²) in [5.74, 6) is 0. The Morgan fingerprint density at radius 3 is 2.65 bits per heavy atom. The lowest BCUT2D eigenvalue weighted by Crippen LogP contribution is -2.35. The minimum absolute atomic E-state index is 0.204. The molecule has 17 heavy (non-hydrogen) atoms. The molecule has 0 heterocycles. The van der Waals surface area contributed by atoms with Crippen molar-refractivity contribution in [2.75, 3.05) is 0 Å².